The van der Waals surface area contributed by atoms with Crippen LogP contribution in [0.3, 0.4) is 0 Å². The number of aromatic nitrogens is 1. The molecule has 2 aliphatic rings. The number of nitrogens with one attached hydrogen (secondary N) is 1. The van der Waals surface area contributed by atoms with E-state index in [1.165, 1.54) is 43.4 Å². The lowest BCUT2D eigenvalue weighted by atomic mass is 9.87. The van der Waals surface area contributed by atoms with Crippen LogP contribution in [-0.2, 0) is 13.1 Å². The number of thioether (sulfide) groups is 1. The first-order valence-corrected chi connectivity index (χ1v) is 12.0. The van der Waals surface area contributed by atoms with E-state index in [-0.39, 0.29) is 29.5 Å². The Morgan fingerprint density at radius 1 is 1.10 bits per heavy atom. The first-order chi connectivity index (χ1) is 14.7. The first-order valence-electron chi connectivity index (χ1n) is 11.0. The molecule has 5 nitrogen and oxygen atoms in total. The quantitative estimate of drug-likeness (QED) is 0.349. The van der Waals surface area contributed by atoms with Crippen LogP contribution in [0.15, 0.2) is 58.4 Å². The SMILES string of the molecule is CN=C(NCc1ccc(Cn2ccccc2=O)cc1)N1CCSC2(CCCCC2)C1.I. The maximum atomic E-state index is 11.9. The van der Waals surface area contributed by atoms with Crippen LogP contribution in [0.5, 0.6) is 0 Å². The molecule has 0 bridgehead atoms. The highest BCUT2D eigenvalue weighted by atomic mass is 127. The van der Waals surface area contributed by atoms with Gasteiger partial charge in [0.15, 0.2) is 5.96 Å². The predicted octanol–water partition coefficient (Wildman–Crippen LogP) is 4.34. The molecule has 0 atom stereocenters. The molecule has 1 aliphatic heterocycles. The third-order valence-electron chi connectivity index (χ3n) is 6.25. The standard InChI is InChI=1S/C24H32N4OS.HI/c1-25-23(28-15-16-30-24(19-28)12-4-2-5-13-24)26-17-20-8-10-21(11-9-20)18-27-14-6-3-7-22(27)29;/h3,6-11,14H,2,4-5,12-13,15-19H2,1H3,(H,25,26);1H. The zero-order valence-electron chi connectivity index (χ0n) is 18.3. The average Bonchev–Trinajstić information content (AvgIpc) is 2.77. The number of halogens is 1. The summed E-state index contributed by atoms with van der Waals surface area (Å²) in [6.07, 6.45) is 8.65. The maximum Gasteiger partial charge on any atom is 0.250 e. The van der Waals surface area contributed by atoms with E-state index < -0.39 is 0 Å². The number of rotatable bonds is 4. The van der Waals surface area contributed by atoms with E-state index in [9.17, 15) is 4.79 Å². The summed E-state index contributed by atoms with van der Waals surface area (Å²) in [7, 11) is 1.89. The van der Waals surface area contributed by atoms with Crippen molar-refractivity contribution in [3.63, 3.8) is 0 Å². The topological polar surface area (TPSA) is 49.6 Å². The van der Waals surface area contributed by atoms with Crippen LogP contribution in [-0.4, -0.2) is 46.1 Å². The smallest absolute Gasteiger partial charge is 0.250 e. The van der Waals surface area contributed by atoms with Crippen LogP contribution >= 0.6 is 35.7 Å². The second kappa shape index (κ2) is 11.4. The fourth-order valence-electron chi connectivity index (χ4n) is 4.59. The van der Waals surface area contributed by atoms with Crippen molar-refractivity contribution in [1.29, 1.82) is 0 Å². The summed E-state index contributed by atoms with van der Waals surface area (Å²) in [5.74, 6) is 2.20. The Morgan fingerprint density at radius 2 is 1.84 bits per heavy atom. The third kappa shape index (κ3) is 6.28. The Labute approximate surface area is 206 Å². The van der Waals surface area contributed by atoms with Gasteiger partial charge in [-0.1, -0.05) is 49.6 Å². The molecule has 2 aromatic rings. The van der Waals surface area contributed by atoms with Gasteiger partial charge in [0, 0.05) is 49.4 Å². The molecule has 1 spiro atoms. The minimum absolute atomic E-state index is 0. The summed E-state index contributed by atoms with van der Waals surface area (Å²) in [5, 5.41) is 3.57. The lowest BCUT2D eigenvalue weighted by molar-refractivity contribution is 0.293. The van der Waals surface area contributed by atoms with Crippen LogP contribution < -0.4 is 10.9 Å². The van der Waals surface area contributed by atoms with Gasteiger partial charge in [-0.25, -0.2) is 0 Å². The van der Waals surface area contributed by atoms with Gasteiger partial charge in [0.2, 0.25) is 0 Å². The Bertz CT molecular complexity index is 916. The van der Waals surface area contributed by atoms with Crippen molar-refractivity contribution < 1.29 is 0 Å². The number of guanidine groups is 1. The van der Waals surface area contributed by atoms with Crippen molar-refractivity contribution in [2.75, 3.05) is 25.9 Å². The van der Waals surface area contributed by atoms with Crippen molar-refractivity contribution in [3.8, 4) is 0 Å². The molecule has 1 aliphatic carbocycles. The van der Waals surface area contributed by atoms with Crippen molar-refractivity contribution in [2.45, 2.75) is 49.9 Å². The van der Waals surface area contributed by atoms with Gasteiger partial charge in [0.05, 0.1) is 6.54 Å². The zero-order chi connectivity index (χ0) is 20.8. The predicted molar refractivity (Wildman–Crippen MR) is 142 cm³/mol. The van der Waals surface area contributed by atoms with Gasteiger partial charge in [-0.3, -0.25) is 9.79 Å². The Hall–Kier alpha value is -1.48. The molecular formula is C24H33IN4OS. The highest BCUT2D eigenvalue weighted by molar-refractivity contribution is 14.0. The van der Waals surface area contributed by atoms with Gasteiger partial charge in [-0.05, 0) is 30.0 Å². The lowest BCUT2D eigenvalue weighted by Gasteiger charge is -2.45. The Kier molecular flexibility index (Phi) is 8.89. The van der Waals surface area contributed by atoms with Crippen LogP contribution in [0.4, 0.5) is 0 Å². The molecule has 4 rings (SSSR count). The lowest BCUT2D eigenvalue weighted by Crippen LogP contribution is -2.53. The Morgan fingerprint density at radius 3 is 2.55 bits per heavy atom. The maximum absolute atomic E-state index is 11.9. The van der Waals surface area contributed by atoms with E-state index in [0.717, 1.165) is 31.2 Å². The van der Waals surface area contributed by atoms with Crippen molar-refractivity contribution in [3.05, 3.63) is 70.1 Å². The molecule has 0 amide bonds. The molecule has 168 valence electrons. The molecular weight excluding hydrogens is 519 g/mol. The minimum atomic E-state index is 0. The summed E-state index contributed by atoms with van der Waals surface area (Å²) in [6, 6.07) is 13.7. The van der Waals surface area contributed by atoms with Gasteiger partial charge >= 0.3 is 0 Å². The van der Waals surface area contributed by atoms with E-state index >= 15 is 0 Å². The van der Waals surface area contributed by atoms with Crippen LogP contribution in [0.2, 0.25) is 0 Å². The van der Waals surface area contributed by atoms with E-state index in [1.54, 1.807) is 16.7 Å². The average molecular weight is 553 g/mol. The highest BCUT2D eigenvalue weighted by Crippen LogP contribution is 2.42. The monoisotopic (exact) mass is 552 g/mol. The van der Waals surface area contributed by atoms with E-state index in [0.29, 0.717) is 11.3 Å². The van der Waals surface area contributed by atoms with Gasteiger partial charge in [0.1, 0.15) is 0 Å². The number of pyridine rings is 1. The van der Waals surface area contributed by atoms with Gasteiger partial charge < -0.3 is 14.8 Å². The summed E-state index contributed by atoms with van der Waals surface area (Å²) in [4.78, 5) is 18.9. The van der Waals surface area contributed by atoms with Crippen molar-refractivity contribution >= 4 is 41.7 Å². The summed E-state index contributed by atoms with van der Waals surface area (Å²) >= 11 is 2.19. The summed E-state index contributed by atoms with van der Waals surface area (Å²) in [5.41, 5.74) is 2.38. The molecule has 2 fully saturated rings. The molecule has 1 N–H and O–H groups in total. The van der Waals surface area contributed by atoms with E-state index in [2.05, 4.69) is 51.2 Å². The van der Waals surface area contributed by atoms with Gasteiger partial charge in [0.25, 0.3) is 5.56 Å². The molecule has 1 aromatic carbocycles. The summed E-state index contributed by atoms with van der Waals surface area (Å²) < 4.78 is 2.16. The van der Waals surface area contributed by atoms with Crippen molar-refractivity contribution in [1.82, 2.24) is 14.8 Å². The number of hydrogen-bond donors (Lipinski definition) is 1. The van der Waals surface area contributed by atoms with E-state index in [4.69, 9.17) is 0 Å². The molecule has 1 aromatic heterocycles. The highest BCUT2D eigenvalue weighted by Gasteiger charge is 2.38. The van der Waals surface area contributed by atoms with Crippen LogP contribution in [0.1, 0.15) is 43.2 Å². The molecule has 31 heavy (non-hydrogen) atoms. The fourth-order valence-corrected chi connectivity index (χ4v) is 6.16. The third-order valence-corrected chi connectivity index (χ3v) is 7.79. The van der Waals surface area contributed by atoms with Gasteiger partial charge in [-0.2, -0.15) is 11.8 Å². The second-order valence-electron chi connectivity index (χ2n) is 8.40. The van der Waals surface area contributed by atoms with Crippen molar-refractivity contribution in [2.24, 2.45) is 4.99 Å². The molecule has 1 saturated carbocycles. The number of hydrogen-bond acceptors (Lipinski definition) is 3. The Balaban J connectivity index is 0.00000272. The van der Waals surface area contributed by atoms with Gasteiger partial charge in [-0.15, -0.1) is 24.0 Å². The van der Waals surface area contributed by atoms with Crippen LogP contribution in [0, 0.1) is 0 Å². The molecule has 2 heterocycles. The molecule has 0 unspecified atom stereocenters. The first kappa shape index (κ1) is 24.2. The van der Waals surface area contributed by atoms with Crippen LogP contribution in [0.25, 0.3) is 0 Å². The van der Waals surface area contributed by atoms with E-state index in [1.807, 2.05) is 19.3 Å². The molecule has 1 saturated heterocycles. The zero-order valence-corrected chi connectivity index (χ0v) is 21.4. The fraction of sp³-hybridized carbons (Fsp3) is 0.500. The number of benzene rings is 1. The number of nitrogens with zero attached hydrogens (tertiary/aromatic N) is 3. The molecule has 0 radical (unpaired) electrons. The molecule has 7 heteroatoms. The number of aliphatic imine (C=N–C) groups is 1. The summed E-state index contributed by atoms with van der Waals surface area (Å²) in [6.45, 7) is 3.54. The minimum Gasteiger partial charge on any atom is -0.352 e. The normalized spacial score (nSPS) is 18.5. The largest absolute Gasteiger partial charge is 0.352 e. The second-order valence-corrected chi connectivity index (χ2v) is 9.96.